The maximum absolute atomic E-state index is 13.8. The van der Waals surface area contributed by atoms with E-state index in [1.165, 1.54) is 6.33 Å². The fourth-order valence-corrected chi connectivity index (χ4v) is 5.60. The Balaban J connectivity index is 1.58. The van der Waals surface area contributed by atoms with Crippen LogP contribution in [0, 0.1) is 11.3 Å². The zero-order chi connectivity index (χ0) is 19.4. The highest BCUT2D eigenvalue weighted by Crippen LogP contribution is 2.46. The molecule has 2 saturated carbocycles. The molecular formula is C20H21N5O2S. The second kappa shape index (κ2) is 6.20. The van der Waals surface area contributed by atoms with Crippen molar-refractivity contribution in [2.45, 2.75) is 37.5 Å². The molecule has 8 heteroatoms. The van der Waals surface area contributed by atoms with Crippen LogP contribution in [-0.2, 0) is 14.5 Å². The lowest BCUT2D eigenvalue weighted by atomic mass is 10.1. The van der Waals surface area contributed by atoms with E-state index in [9.17, 15) is 9.00 Å². The number of carbonyl (C=O) groups is 1. The standard InChI is InChI=1S/C20H21N5O2S/c1-20(6-7-20)19(26)24-28(27,12-14-2-3-14)17-4-5-18-15(8-17)11-25(23-18)16-9-21-13-22-10-16/h4-5,8-11,13-14H,2-3,6-7,12H2,1H3. The molecule has 0 bridgehead atoms. The first-order valence-electron chi connectivity index (χ1n) is 9.49. The molecular weight excluding hydrogens is 374 g/mol. The molecule has 0 spiro atoms. The molecule has 144 valence electrons. The molecule has 0 aliphatic heterocycles. The van der Waals surface area contributed by atoms with Crippen molar-refractivity contribution in [1.29, 1.82) is 0 Å². The molecule has 2 aliphatic rings. The molecule has 1 atom stereocenters. The van der Waals surface area contributed by atoms with E-state index in [4.69, 9.17) is 0 Å². The lowest BCUT2D eigenvalue weighted by Gasteiger charge is -2.11. The third-order valence-corrected chi connectivity index (χ3v) is 7.94. The van der Waals surface area contributed by atoms with E-state index in [0.29, 0.717) is 16.6 Å². The predicted molar refractivity (Wildman–Crippen MR) is 105 cm³/mol. The lowest BCUT2D eigenvalue weighted by molar-refractivity contribution is -0.122. The Morgan fingerprint density at radius 1 is 1.29 bits per heavy atom. The van der Waals surface area contributed by atoms with Crippen molar-refractivity contribution in [2.75, 3.05) is 5.75 Å². The maximum atomic E-state index is 13.8. The van der Waals surface area contributed by atoms with Crippen LogP contribution in [0.15, 0.2) is 52.4 Å². The first-order valence-corrected chi connectivity index (χ1v) is 11.2. The summed E-state index contributed by atoms with van der Waals surface area (Å²) in [6, 6.07) is 5.51. The van der Waals surface area contributed by atoms with E-state index < -0.39 is 15.1 Å². The van der Waals surface area contributed by atoms with Gasteiger partial charge in [0.05, 0.1) is 27.6 Å². The zero-order valence-corrected chi connectivity index (χ0v) is 16.4. The van der Waals surface area contributed by atoms with E-state index in [1.54, 1.807) is 23.1 Å². The van der Waals surface area contributed by atoms with E-state index in [1.807, 2.05) is 25.3 Å². The number of rotatable bonds is 5. The average Bonchev–Trinajstić information content (AvgIpc) is 3.61. The number of benzene rings is 1. The summed E-state index contributed by atoms with van der Waals surface area (Å²) >= 11 is 0. The molecule has 0 radical (unpaired) electrons. The molecule has 7 nitrogen and oxygen atoms in total. The van der Waals surface area contributed by atoms with Crippen molar-refractivity contribution in [3.05, 3.63) is 43.1 Å². The fraction of sp³-hybridized carbons (Fsp3) is 0.400. The van der Waals surface area contributed by atoms with Gasteiger partial charge in [-0.1, -0.05) is 6.92 Å². The van der Waals surface area contributed by atoms with E-state index >= 15 is 0 Å². The van der Waals surface area contributed by atoms with Crippen LogP contribution < -0.4 is 0 Å². The summed E-state index contributed by atoms with van der Waals surface area (Å²) in [6.45, 7) is 1.91. The Morgan fingerprint density at radius 3 is 2.71 bits per heavy atom. The van der Waals surface area contributed by atoms with Gasteiger partial charge in [-0.3, -0.25) is 4.79 Å². The van der Waals surface area contributed by atoms with Crippen molar-refractivity contribution < 1.29 is 9.00 Å². The van der Waals surface area contributed by atoms with Gasteiger partial charge >= 0.3 is 0 Å². The Kier molecular flexibility index (Phi) is 3.87. The molecule has 2 aromatic heterocycles. The van der Waals surface area contributed by atoms with Crippen LogP contribution in [0.25, 0.3) is 16.6 Å². The first-order chi connectivity index (χ1) is 13.5. The quantitative estimate of drug-likeness (QED) is 0.661. The van der Waals surface area contributed by atoms with E-state index in [-0.39, 0.29) is 5.91 Å². The van der Waals surface area contributed by atoms with Gasteiger partial charge in [0.25, 0.3) is 5.91 Å². The highest BCUT2D eigenvalue weighted by atomic mass is 32.2. The van der Waals surface area contributed by atoms with Gasteiger partial charge in [-0.2, -0.15) is 9.46 Å². The summed E-state index contributed by atoms with van der Waals surface area (Å²) in [4.78, 5) is 21.3. The van der Waals surface area contributed by atoms with E-state index in [2.05, 4.69) is 19.4 Å². The van der Waals surface area contributed by atoms with Gasteiger partial charge in [-0.15, -0.1) is 0 Å². The normalized spacial score (nSPS) is 19.9. The molecule has 1 aromatic carbocycles. The van der Waals surface area contributed by atoms with Gasteiger partial charge in [-0.25, -0.2) is 18.9 Å². The smallest absolute Gasteiger partial charge is 0.259 e. The van der Waals surface area contributed by atoms with Gasteiger partial charge in [0, 0.05) is 27.6 Å². The second-order valence-electron chi connectivity index (χ2n) is 8.10. The van der Waals surface area contributed by atoms with Crippen LogP contribution in [0.3, 0.4) is 0 Å². The first kappa shape index (κ1) is 17.5. The average molecular weight is 395 g/mol. The Labute approximate surface area is 163 Å². The summed E-state index contributed by atoms with van der Waals surface area (Å²) in [7, 11) is -2.78. The summed E-state index contributed by atoms with van der Waals surface area (Å²) in [5.41, 5.74) is 1.12. The van der Waals surface area contributed by atoms with Gasteiger partial charge in [0.15, 0.2) is 0 Å². The number of carbonyl (C=O) groups excluding carboxylic acids is 1. The molecule has 0 saturated heterocycles. The lowest BCUT2D eigenvalue weighted by Crippen LogP contribution is -2.16. The van der Waals surface area contributed by atoms with Crippen molar-refractivity contribution in [2.24, 2.45) is 15.7 Å². The van der Waals surface area contributed by atoms with Gasteiger partial charge in [0.2, 0.25) is 0 Å². The van der Waals surface area contributed by atoms with Gasteiger partial charge in [0.1, 0.15) is 12.0 Å². The van der Waals surface area contributed by atoms with Crippen LogP contribution in [0.4, 0.5) is 0 Å². The predicted octanol–water partition coefficient (Wildman–Crippen LogP) is 3.38. The minimum absolute atomic E-state index is 0.213. The Hall–Kier alpha value is -2.61. The molecule has 3 aromatic rings. The SMILES string of the molecule is CC1(C(=O)N=S(=O)(CC2CC2)c2ccc3nn(-c4cncnc4)cc3c2)CC1. The molecule has 2 fully saturated rings. The van der Waals surface area contributed by atoms with Crippen LogP contribution in [0.2, 0.25) is 0 Å². The van der Waals surface area contributed by atoms with Crippen molar-refractivity contribution in [1.82, 2.24) is 19.7 Å². The number of aromatic nitrogens is 4. The molecule has 2 aliphatic carbocycles. The number of fused-ring (bicyclic) bond motifs is 1. The molecule has 0 N–H and O–H groups in total. The largest absolute Gasteiger partial charge is 0.271 e. The van der Waals surface area contributed by atoms with Crippen molar-refractivity contribution in [3.8, 4) is 5.69 Å². The number of amides is 1. The zero-order valence-electron chi connectivity index (χ0n) is 15.6. The van der Waals surface area contributed by atoms with E-state index in [0.717, 1.165) is 42.3 Å². The fourth-order valence-electron chi connectivity index (χ4n) is 3.18. The maximum Gasteiger partial charge on any atom is 0.259 e. The molecule has 1 unspecified atom stereocenters. The van der Waals surface area contributed by atoms with Crippen molar-refractivity contribution >= 4 is 26.5 Å². The topological polar surface area (TPSA) is 90.1 Å². The Bertz CT molecular complexity index is 1190. The monoisotopic (exact) mass is 395 g/mol. The van der Waals surface area contributed by atoms with Crippen LogP contribution in [0.5, 0.6) is 0 Å². The third kappa shape index (κ3) is 3.22. The number of nitrogens with zero attached hydrogens (tertiary/aromatic N) is 5. The molecule has 28 heavy (non-hydrogen) atoms. The number of hydrogen-bond acceptors (Lipinski definition) is 5. The van der Waals surface area contributed by atoms with Crippen molar-refractivity contribution in [3.63, 3.8) is 0 Å². The van der Waals surface area contributed by atoms with Crippen LogP contribution in [0.1, 0.15) is 32.6 Å². The molecule has 2 heterocycles. The summed E-state index contributed by atoms with van der Waals surface area (Å²) in [5.74, 6) is 0.646. The van der Waals surface area contributed by atoms with Gasteiger partial charge in [-0.05, 0) is 49.8 Å². The Morgan fingerprint density at radius 2 is 2.04 bits per heavy atom. The molecule has 1 amide bonds. The molecule has 5 rings (SSSR count). The number of hydrogen-bond donors (Lipinski definition) is 0. The summed E-state index contributed by atoms with van der Waals surface area (Å²) in [5, 5.41) is 5.39. The second-order valence-corrected chi connectivity index (χ2v) is 10.4. The van der Waals surface area contributed by atoms with Crippen LogP contribution >= 0.6 is 0 Å². The van der Waals surface area contributed by atoms with Gasteiger partial charge < -0.3 is 0 Å². The third-order valence-electron chi connectivity index (χ3n) is 5.56. The minimum Gasteiger partial charge on any atom is -0.271 e. The summed E-state index contributed by atoms with van der Waals surface area (Å²) < 4.78 is 19.8. The highest BCUT2D eigenvalue weighted by molar-refractivity contribution is 7.94. The highest BCUT2D eigenvalue weighted by Gasteiger charge is 2.46. The summed E-state index contributed by atoms with van der Waals surface area (Å²) in [6.07, 6.45) is 10.5. The minimum atomic E-state index is -2.78. The van der Waals surface area contributed by atoms with Crippen LogP contribution in [-0.4, -0.2) is 35.6 Å².